The fourth-order valence-corrected chi connectivity index (χ4v) is 4.64. The van der Waals surface area contributed by atoms with Gasteiger partial charge in [0, 0.05) is 32.4 Å². The van der Waals surface area contributed by atoms with Gasteiger partial charge in [0.2, 0.25) is 5.43 Å². The first-order chi connectivity index (χ1) is 16.3. The number of aromatic nitrogens is 1. The molecule has 1 saturated heterocycles. The van der Waals surface area contributed by atoms with Crippen LogP contribution in [0.4, 0.5) is 15.8 Å². The van der Waals surface area contributed by atoms with E-state index in [4.69, 9.17) is 16.3 Å². The third-order valence-electron chi connectivity index (χ3n) is 6.39. The lowest BCUT2D eigenvalue weighted by molar-refractivity contribution is 0.0960. The number of rotatable bonds is 4. The quantitative estimate of drug-likeness (QED) is 0.552. The van der Waals surface area contributed by atoms with Crippen LogP contribution in [0.15, 0.2) is 41.3 Å². The van der Waals surface area contributed by atoms with Crippen molar-refractivity contribution in [3.8, 4) is 5.75 Å². The smallest absolute Gasteiger partial charge is 0.275 e. The van der Waals surface area contributed by atoms with Gasteiger partial charge in [-0.25, -0.2) is 4.39 Å². The number of carbonyl (C=O) groups is 1. The highest BCUT2D eigenvalue weighted by Gasteiger charge is 2.31. The number of nitrogens with one attached hydrogen (secondary N) is 2. The van der Waals surface area contributed by atoms with Crippen molar-refractivity contribution in [3.05, 3.63) is 63.2 Å². The molecule has 178 valence electrons. The molecule has 0 radical (unpaired) electrons. The lowest BCUT2D eigenvalue weighted by Crippen LogP contribution is -2.45. The highest BCUT2D eigenvalue weighted by molar-refractivity contribution is 6.33. The zero-order valence-corrected chi connectivity index (χ0v) is 19.7. The second kappa shape index (κ2) is 8.81. The molecule has 1 fully saturated rings. The molecule has 1 unspecified atom stereocenters. The number of carbonyl (C=O) groups excluding carboxylic acids is 1. The fraction of sp³-hybridized carbons (Fsp3) is 0.333. The van der Waals surface area contributed by atoms with E-state index in [1.54, 1.807) is 24.3 Å². The number of hydrogen-bond acceptors (Lipinski definition) is 6. The minimum Gasteiger partial charge on any atom is -0.487 e. The molecule has 8 nitrogen and oxygen atoms in total. The number of benzene rings is 2. The van der Waals surface area contributed by atoms with E-state index in [2.05, 4.69) is 15.8 Å². The zero-order chi connectivity index (χ0) is 24.0. The molecule has 2 aliphatic heterocycles. The monoisotopic (exact) mass is 485 g/mol. The van der Waals surface area contributed by atoms with Gasteiger partial charge >= 0.3 is 0 Å². The predicted octanol–water partition coefficient (Wildman–Crippen LogP) is 3.26. The Balaban J connectivity index is 1.57. The molecular formula is C24H25ClFN5O3. The highest BCUT2D eigenvalue weighted by atomic mass is 35.5. The Kier molecular flexibility index (Phi) is 5.83. The van der Waals surface area contributed by atoms with Crippen LogP contribution >= 0.6 is 11.6 Å². The topological polar surface area (TPSA) is 78.8 Å². The molecule has 2 aromatic carbocycles. The minimum absolute atomic E-state index is 0.0986. The number of para-hydroxylation sites is 1. The van der Waals surface area contributed by atoms with Gasteiger partial charge in [0.05, 0.1) is 27.7 Å². The van der Waals surface area contributed by atoms with Crippen LogP contribution in [0.1, 0.15) is 23.3 Å². The number of amides is 1. The maximum absolute atomic E-state index is 15.4. The van der Waals surface area contributed by atoms with E-state index in [0.717, 1.165) is 13.1 Å². The van der Waals surface area contributed by atoms with Crippen molar-refractivity contribution in [2.24, 2.45) is 0 Å². The van der Waals surface area contributed by atoms with E-state index in [1.165, 1.54) is 12.3 Å². The number of pyridine rings is 1. The maximum Gasteiger partial charge on any atom is 0.275 e. The van der Waals surface area contributed by atoms with Gasteiger partial charge in [0.25, 0.3) is 5.91 Å². The van der Waals surface area contributed by atoms with Crippen molar-refractivity contribution in [3.63, 3.8) is 0 Å². The van der Waals surface area contributed by atoms with Gasteiger partial charge < -0.3 is 19.1 Å². The number of nitrogens with zero attached hydrogens (tertiary/aromatic N) is 3. The Bertz CT molecular complexity index is 1340. The Morgan fingerprint density at radius 1 is 1.21 bits per heavy atom. The van der Waals surface area contributed by atoms with Crippen molar-refractivity contribution in [1.29, 1.82) is 0 Å². The Morgan fingerprint density at radius 3 is 2.68 bits per heavy atom. The zero-order valence-electron chi connectivity index (χ0n) is 18.9. The molecule has 1 aromatic heterocycles. The molecule has 0 aliphatic carbocycles. The van der Waals surface area contributed by atoms with Crippen LogP contribution in [-0.2, 0) is 0 Å². The number of ether oxygens (including phenoxy) is 1. The van der Waals surface area contributed by atoms with Crippen LogP contribution in [0.25, 0.3) is 10.9 Å². The molecule has 34 heavy (non-hydrogen) atoms. The largest absolute Gasteiger partial charge is 0.487 e. The van der Waals surface area contributed by atoms with Crippen molar-refractivity contribution in [1.82, 2.24) is 14.9 Å². The third-order valence-corrected chi connectivity index (χ3v) is 6.72. The van der Waals surface area contributed by atoms with Gasteiger partial charge in [-0.15, -0.1) is 0 Å². The van der Waals surface area contributed by atoms with Gasteiger partial charge in [0.15, 0.2) is 11.6 Å². The second-order valence-corrected chi connectivity index (χ2v) is 9.13. The number of piperazine rings is 1. The Morgan fingerprint density at radius 2 is 1.94 bits per heavy atom. The van der Waals surface area contributed by atoms with Crippen LogP contribution in [0.5, 0.6) is 5.75 Å². The van der Waals surface area contributed by atoms with Crippen LogP contribution in [0, 0.1) is 5.82 Å². The molecule has 2 aliphatic rings. The molecule has 3 aromatic rings. The summed E-state index contributed by atoms with van der Waals surface area (Å²) >= 11 is 6.12. The summed E-state index contributed by atoms with van der Waals surface area (Å²) in [6.45, 7) is 5.14. The highest BCUT2D eigenvalue weighted by Crippen LogP contribution is 2.42. The first kappa shape index (κ1) is 22.5. The van der Waals surface area contributed by atoms with E-state index in [1.807, 2.05) is 23.4 Å². The summed E-state index contributed by atoms with van der Waals surface area (Å²) in [5.74, 6) is -0.813. The van der Waals surface area contributed by atoms with Crippen LogP contribution in [-0.4, -0.2) is 55.2 Å². The van der Waals surface area contributed by atoms with Gasteiger partial charge in [-0.05, 0) is 32.2 Å². The SMILES string of the molecule is CC1COc2c(N3CCN(C)CC3)c(F)cc3c(=O)c(C(=O)NNc4ccccc4Cl)cn1c23. The second-order valence-electron chi connectivity index (χ2n) is 8.72. The number of anilines is 2. The average Bonchev–Trinajstić information content (AvgIpc) is 2.82. The normalized spacial score (nSPS) is 18.0. The molecule has 0 saturated carbocycles. The van der Waals surface area contributed by atoms with Crippen LogP contribution in [0.3, 0.4) is 0 Å². The number of hydrogen-bond donors (Lipinski definition) is 2. The van der Waals surface area contributed by atoms with Crippen molar-refractivity contribution < 1.29 is 13.9 Å². The Labute approximate surface area is 200 Å². The van der Waals surface area contributed by atoms with Crippen molar-refractivity contribution in [2.45, 2.75) is 13.0 Å². The molecule has 10 heteroatoms. The van der Waals surface area contributed by atoms with Gasteiger partial charge in [0.1, 0.15) is 17.9 Å². The summed E-state index contributed by atoms with van der Waals surface area (Å²) in [5.41, 5.74) is 5.97. The lowest BCUT2D eigenvalue weighted by atomic mass is 10.0. The van der Waals surface area contributed by atoms with Gasteiger partial charge in [-0.2, -0.15) is 0 Å². The summed E-state index contributed by atoms with van der Waals surface area (Å²) in [4.78, 5) is 30.4. The molecule has 1 atom stereocenters. The lowest BCUT2D eigenvalue weighted by Gasteiger charge is -2.37. The van der Waals surface area contributed by atoms with Crippen LogP contribution in [0.2, 0.25) is 5.02 Å². The van der Waals surface area contributed by atoms with E-state index < -0.39 is 17.2 Å². The predicted molar refractivity (Wildman–Crippen MR) is 131 cm³/mol. The number of halogens is 2. The molecule has 0 spiro atoms. The Hall–Kier alpha value is -3.30. The first-order valence-corrected chi connectivity index (χ1v) is 11.5. The third kappa shape index (κ3) is 3.84. The van der Waals surface area contributed by atoms with Crippen molar-refractivity contribution >= 4 is 39.8 Å². The van der Waals surface area contributed by atoms with E-state index in [9.17, 15) is 9.59 Å². The molecule has 2 N–H and O–H groups in total. The summed E-state index contributed by atoms with van der Waals surface area (Å²) in [6, 6.07) is 7.98. The van der Waals surface area contributed by atoms with E-state index in [-0.39, 0.29) is 17.0 Å². The summed E-state index contributed by atoms with van der Waals surface area (Å²) in [7, 11) is 2.03. The molecule has 5 rings (SSSR count). The van der Waals surface area contributed by atoms with Gasteiger partial charge in [-0.1, -0.05) is 23.7 Å². The fourth-order valence-electron chi connectivity index (χ4n) is 4.45. The van der Waals surface area contributed by atoms with Crippen LogP contribution < -0.4 is 25.9 Å². The average molecular weight is 486 g/mol. The summed E-state index contributed by atoms with van der Waals surface area (Å²) < 4.78 is 23.2. The van der Waals surface area contributed by atoms with E-state index >= 15 is 4.39 Å². The maximum atomic E-state index is 15.4. The standard InChI is InChI=1S/C24H25ClFN5O3/c1-14-13-34-23-20-15(11-18(26)21(23)30-9-7-29(2)8-10-30)22(32)16(12-31(14)20)24(33)28-27-19-6-4-3-5-17(19)25/h3-6,11-12,14,27H,7-10,13H2,1-2H3,(H,28,33). The minimum atomic E-state index is -0.639. The molecular weight excluding hydrogens is 461 g/mol. The molecule has 0 bridgehead atoms. The number of likely N-dealkylation sites (N-methyl/N-ethyl adjacent to an activating group) is 1. The summed E-state index contributed by atoms with van der Waals surface area (Å²) in [5, 5.41) is 0.532. The van der Waals surface area contributed by atoms with E-state index in [0.29, 0.717) is 47.4 Å². The molecule has 1 amide bonds. The van der Waals surface area contributed by atoms with Gasteiger partial charge in [-0.3, -0.25) is 20.4 Å². The summed E-state index contributed by atoms with van der Waals surface area (Å²) in [6.07, 6.45) is 1.52. The number of hydrazine groups is 1. The molecule has 3 heterocycles. The van der Waals surface area contributed by atoms with Crippen molar-refractivity contribution in [2.75, 3.05) is 50.2 Å². The first-order valence-electron chi connectivity index (χ1n) is 11.1.